The van der Waals surface area contributed by atoms with E-state index in [2.05, 4.69) is 19.8 Å². The molecule has 0 aliphatic rings. The summed E-state index contributed by atoms with van der Waals surface area (Å²) >= 11 is 0. The summed E-state index contributed by atoms with van der Waals surface area (Å²) < 4.78 is 5.93. The van der Waals surface area contributed by atoms with Gasteiger partial charge in [0.1, 0.15) is 0 Å². The van der Waals surface area contributed by atoms with Crippen molar-refractivity contribution in [3.8, 4) is 28.4 Å². The minimum atomic E-state index is -0.463. The Balaban J connectivity index is 1.78. The highest BCUT2D eigenvalue weighted by molar-refractivity contribution is 5.74. The Morgan fingerprint density at radius 1 is 1.04 bits per heavy atom. The van der Waals surface area contributed by atoms with Gasteiger partial charge in [-0.25, -0.2) is 4.98 Å². The van der Waals surface area contributed by atoms with Crippen molar-refractivity contribution in [3.05, 3.63) is 65.9 Å². The number of rotatable bonds is 4. The zero-order valence-electron chi connectivity index (χ0n) is 15.5. The summed E-state index contributed by atoms with van der Waals surface area (Å²) in [4.78, 5) is 20.4. The summed E-state index contributed by atoms with van der Waals surface area (Å²) in [5, 5.41) is 15.0. The number of hydrogen-bond acceptors (Lipinski definition) is 6. The highest BCUT2D eigenvalue weighted by atomic mass is 16.5. The molecule has 7 nitrogen and oxygen atoms in total. The molecule has 2 heterocycles. The molecule has 4 aromatic rings. The van der Waals surface area contributed by atoms with Crippen molar-refractivity contribution in [2.75, 3.05) is 7.11 Å². The first kappa shape index (κ1) is 17.7. The average Bonchev–Trinajstić information content (AvgIpc) is 3.16. The fourth-order valence-electron chi connectivity index (χ4n) is 3.04. The van der Waals surface area contributed by atoms with Crippen LogP contribution in [0.25, 0.3) is 28.3 Å². The highest BCUT2D eigenvalue weighted by Gasteiger charge is 2.19. The normalized spacial score (nSPS) is 10.9. The molecule has 0 saturated carbocycles. The quantitative estimate of drug-likeness (QED) is 0.552. The summed E-state index contributed by atoms with van der Waals surface area (Å²) in [5.74, 6) is 0.0836. The largest absolute Gasteiger partial charge is 0.493 e. The predicted octanol–water partition coefficient (Wildman–Crippen LogP) is 3.19. The fraction of sp³-hybridized carbons (Fsp3) is 0.143. The molecule has 0 fully saturated rings. The van der Waals surface area contributed by atoms with Crippen molar-refractivity contribution in [1.29, 1.82) is 0 Å². The molecular formula is C21H18N4O3. The van der Waals surface area contributed by atoms with Gasteiger partial charge in [0.2, 0.25) is 5.88 Å². The first-order valence-corrected chi connectivity index (χ1v) is 8.74. The van der Waals surface area contributed by atoms with Crippen LogP contribution in [0.2, 0.25) is 0 Å². The van der Waals surface area contributed by atoms with Crippen LogP contribution in [0.15, 0.2) is 54.6 Å². The maximum Gasteiger partial charge on any atom is 0.310 e. The van der Waals surface area contributed by atoms with Gasteiger partial charge in [0.25, 0.3) is 5.78 Å². The number of carbonyl (C=O) groups is 1. The summed E-state index contributed by atoms with van der Waals surface area (Å²) in [5.41, 5.74) is 3.81. The lowest BCUT2D eigenvalue weighted by Crippen LogP contribution is -2.09. The summed E-state index contributed by atoms with van der Waals surface area (Å²) in [6, 6.07) is 17.9. The molecule has 0 unspecified atom stereocenters. The monoisotopic (exact) mass is 374 g/mol. The van der Waals surface area contributed by atoms with Crippen LogP contribution in [0.1, 0.15) is 11.3 Å². The Morgan fingerprint density at radius 2 is 1.75 bits per heavy atom. The van der Waals surface area contributed by atoms with Crippen LogP contribution >= 0.6 is 0 Å². The number of carbonyl (C=O) groups excluding carboxylic acids is 1. The average molecular weight is 374 g/mol. The van der Waals surface area contributed by atoms with Crippen LogP contribution in [-0.2, 0) is 16.0 Å². The number of nitrogens with zero attached hydrogens (tertiary/aromatic N) is 4. The number of ether oxygens (including phenoxy) is 1. The van der Waals surface area contributed by atoms with Gasteiger partial charge in [-0.05, 0) is 24.1 Å². The van der Waals surface area contributed by atoms with Crippen molar-refractivity contribution in [2.45, 2.75) is 13.3 Å². The van der Waals surface area contributed by atoms with Crippen LogP contribution in [0.4, 0.5) is 0 Å². The number of aryl methyl sites for hydroxylation is 1. The Bertz CT molecular complexity index is 1170. The zero-order valence-corrected chi connectivity index (χ0v) is 15.5. The van der Waals surface area contributed by atoms with Gasteiger partial charge in [-0.2, -0.15) is 9.50 Å². The lowest BCUT2D eigenvalue weighted by atomic mass is 10.0. The fourth-order valence-corrected chi connectivity index (χ4v) is 3.04. The Hall–Kier alpha value is -3.74. The summed E-state index contributed by atoms with van der Waals surface area (Å²) in [7, 11) is 1.30. The maximum atomic E-state index is 11.6. The molecule has 2 aromatic heterocycles. The minimum Gasteiger partial charge on any atom is -0.493 e. The molecule has 0 spiro atoms. The second-order valence-corrected chi connectivity index (χ2v) is 6.35. The van der Waals surface area contributed by atoms with Crippen molar-refractivity contribution >= 4 is 11.7 Å². The van der Waals surface area contributed by atoms with Gasteiger partial charge in [-0.3, -0.25) is 4.79 Å². The van der Waals surface area contributed by atoms with Crippen molar-refractivity contribution < 1.29 is 14.6 Å². The minimum absolute atomic E-state index is 0.0875. The van der Waals surface area contributed by atoms with E-state index < -0.39 is 5.97 Å². The number of esters is 1. The van der Waals surface area contributed by atoms with Crippen molar-refractivity contribution in [3.63, 3.8) is 0 Å². The predicted molar refractivity (Wildman–Crippen MR) is 104 cm³/mol. The van der Waals surface area contributed by atoms with E-state index in [1.54, 1.807) is 6.92 Å². The molecule has 1 N–H and O–H groups in total. The molecule has 0 atom stereocenters. The SMILES string of the molecule is COC(=O)Cc1c(C)nc2nc(-c3cccc(-c4ccccc4)c3)nn2c1O. The second kappa shape index (κ2) is 7.11. The number of aromatic nitrogens is 4. The van der Waals surface area contributed by atoms with Gasteiger partial charge in [0, 0.05) is 11.1 Å². The Labute approximate surface area is 161 Å². The molecule has 0 aliphatic heterocycles. The van der Waals surface area contributed by atoms with Gasteiger partial charge < -0.3 is 9.84 Å². The zero-order chi connectivity index (χ0) is 19.7. The van der Waals surface area contributed by atoms with E-state index in [1.165, 1.54) is 11.6 Å². The first-order chi connectivity index (χ1) is 13.6. The number of methoxy groups -OCH3 is 1. The Morgan fingerprint density at radius 3 is 2.50 bits per heavy atom. The highest BCUT2D eigenvalue weighted by Crippen LogP contribution is 2.27. The molecule has 4 rings (SSSR count). The van der Waals surface area contributed by atoms with E-state index in [0.29, 0.717) is 17.1 Å². The molecule has 140 valence electrons. The molecule has 0 bridgehead atoms. The van der Waals surface area contributed by atoms with Crippen LogP contribution in [0, 0.1) is 6.92 Å². The topological polar surface area (TPSA) is 89.6 Å². The first-order valence-electron chi connectivity index (χ1n) is 8.74. The summed E-state index contributed by atoms with van der Waals surface area (Å²) in [6.45, 7) is 1.71. The molecule has 0 saturated heterocycles. The molecule has 2 aromatic carbocycles. The molecule has 0 radical (unpaired) electrons. The van der Waals surface area contributed by atoms with E-state index >= 15 is 0 Å². The third-order valence-electron chi connectivity index (χ3n) is 4.54. The maximum absolute atomic E-state index is 11.6. The smallest absolute Gasteiger partial charge is 0.310 e. The third-order valence-corrected chi connectivity index (χ3v) is 4.54. The number of aromatic hydroxyl groups is 1. The van der Waals surface area contributed by atoms with E-state index in [-0.39, 0.29) is 18.1 Å². The van der Waals surface area contributed by atoms with E-state index in [1.807, 2.05) is 54.6 Å². The third kappa shape index (κ3) is 3.18. The van der Waals surface area contributed by atoms with Gasteiger partial charge in [-0.15, -0.1) is 5.10 Å². The van der Waals surface area contributed by atoms with Crippen molar-refractivity contribution in [2.24, 2.45) is 0 Å². The van der Waals surface area contributed by atoms with Crippen LogP contribution in [0.3, 0.4) is 0 Å². The van der Waals surface area contributed by atoms with E-state index in [0.717, 1.165) is 16.7 Å². The van der Waals surface area contributed by atoms with Gasteiger partial charge in [0.05, 0.1) is 19.2 Å². The van der Waals surface area contributed by atoms with Gasteiger partial charge in [-0.1, -0.05) is 48.5 Å². The second-order valence-electron chi connectivity index (χ2n) is 6.35. The lowest BCUT2D eigenvalue weighted by molar-refractivity contribution is -0.139. The van der Waals surface area contributed by atoms with Crippen LogP contribution < -0.4 is 0 Å². The lowest BCUT2D eigenvalue weighted by Gasteiger charge is -2.07. The molecule has 0 amide bonds. The Kier molecular flexibility index (Phi) is 4.49. The number of fused-ring (bicyclic) bond motifs is 1. The van der Waals surface area contributed by atoms with Gasteiger partial charge in [0.15, 0.2) is 5.82 Å². The molecule has 7 heteroatoms. The van der Waals surface area contributed by atoms with Crippen LogP contribution in [0.5, 0.6) is 5.88 Å². The number of benzene rings is 2. The van der Waals surface area contributed by atoms with Crippen molar-refractivity contribution in [1.82, 2.24) is 19.6 Å². The number of hydrogen-bond donors (Lipinski definition) is 1. The van der Waals surface area contributed by atoms with Crippen LogP contribution in [-0.4, -0.2) is 37.8 Å². The van der Waals surface area contributed by atoms with E-state index in [4.69, 9.17) is 0 Å². The molecule has 0 aliphatic carbocycles. The standard InChI is InChI=1S/C21H18N4O3/c1-13-17(12-18(26)28-2)20(27)25-21(22-13)23-19(24-25)16-10-6-9-15(11-16)14-7-4-3-5-8-14/h3-11,27H,12H2,1-2H3. The van der Waals surface area contributed by atoms with Gasteiger partial charge >= 0.3 is 5.97 Å². The molecular weight excluding hydrogens is 356 g/mol. The summed E-state index contributed by atoms with van der Waals surface area (Å²) in [6.07, 6.45) is -0.0875. The van der Waals surface area contributed by atoms with E-state index in [9.17, 15) is 9.90 Å². The molecule has 28 heavy (non-hydrogen) atoms.